The molecule has 1 aromatic carbocycles. The van der Waals surface area contributed by atoms with Crippen molar-refractivity contribution >= 4 is 11.5 Å². The highest BCUT2D eigenvalue weighted by atomic mass is 16.1. The SMILES string of the molecule is CCN(Cc1ccncc1)c1ccccc1C(C)=O. The van der Waals surface area contributed by atoms with Crippen LogP contribution in [-0.2, 0) is 6.54 Å². The summed E-state index contributed by atoms with van der Waals surface area (Å²) in [4.78, 5) is 17.9. The summed E-state index contributed by atoms with van der Waals surface area (Å²) in [6.45, 7) is 5.34. The van der Waals surface area contributed by atoms with Crippen molar-refractivity contribution in [3.8, 4) is 0 Å². The highest BCUT2D eigenvalue weighted by Gasteiger charge is 2.12. The van der Waals surface area contributed by atoms with Crippen LogP contribution in [0.1, 0.15) is 29.8 Å². The normalized spacial score (nSPS) is 10.2. The molecule has 2 rings (SSSR count). The van der Waals surface area contributed by atoms with Crippen molar-refractivity contribution in [3.05, 3.63) is 59.9 Å². The Morgan fingerprint density at radius 3 is 2.47 bits per heavy atom. The minimum absolute atomic E-state index is 0.101. The Morgan fingerprint density at radius 1 is 1.16 bits per heavy atom. The van der Waals surface area contributed by atoms with Crippen LogP contribution in [0.4, 0.5) is 5.69 Å². The second-order valence-corrected chi connectivity index (χ2v) is 4.44. The van der Waals surface area contributed by atoms with Gasteiger partial charge >= 0.3 is 0 Å². The molecular formula is C16H18N2O. The summed E-state index contributed by atoms with van der Waals surface area (Å²) in [6, 6.07) is 11.8. The minimum atomic E-state index is 0.101. The number of Topliss-reactive ketones (excluding diaryl/α,β-unsaturated/α-hetero) is 1. The van der Waals surface area contributed by atoms with Crippen LogP contribution in [0, 0.1) is 0 Å². The highest BCUT2D eigenvalue weighted by molar-refractivity contribution is 5.99. The van der Waals surface area contributed by atoms with Crippen molar-refractivity contribution in [1.29, 1.82) is 0 Å². The second-order valence-electron chi connectivity index (χ2n) is 4.44. The number of anilines is 1. The first-order valence-electron chi connectivity index (χ1n) is 6.46. The number of para-hydroxylation sites is 1. The van der Waals surface area contributed by atoms with Crippen molar-refractivity contribution < 1.29 is 4.79 Å². The zero-order valence-electron chi connectivity index (χ0n) is 11.3. The predicted octanol–water partition coefficient (Wildman–Crippen LogP) is 3.31. The number of ketones is 1. The molecule has 0 radical (unpaired) electrons. The molecule has 0 unspecified atom stereocenters. The molecule has 3 heteroatoms. The number of hydrogen-bond acceptors (Lipinski definition) is 3. The van der Waals surface area contributed by atoms with Gasteiger partial charge in [-0.2, -0.15) is 0 Å². The van der Waals surface area contributed by atoms with Crippen LogP contribution in [0.25, 0.3) is 0 Å². The van der Waals surface area contributed by atoms with Gasteiger partial charge in [0.15, 0.2) is 5.78 Å². The summed E-state index contributed by atoms with van der Waals surface area (Å²) in [5, 5.41) is 0. The number of nitrogens with zero attached hydrogens (tertiary/aromatic N) is 2. The molecule has 2 aromatic rings. The van der Waals surface area contributed by atoms with Gasteiger partial charge in [-0.1, -0.05) is 12.1 Å². The molecule has 0 aliphatic rings. The number of rotatable bonds is 5. The van der Waals surface area contributed by atoms with Crippen molar-refractivity contribution in [2.75, 3.05) is 11.4 Å². The maximum absolute atomic E-state index is 11.7. The summed E-state index contributed by atoms with van der Waals surface area (Å²) >= 11 is 0. The largest absolute Gasteiger partial charge is 0.367 e. The Kier molecular flexibility index (Phi) is 4.29. The first-order chi connectivity index (χ1) is 9.22. The molecule has 0 atom stereocenters. The summed E-state index contributed by atoms with van der Waals surface area (Å²) < 4.78 is 0. The number of benzene rings is 1. The lowest BCUT2D eigenvalue weighted by Crippen LogP contribution is -2.23. The monoisotopic (exact) mass is 254 g/mol. The van der Waals surface area contributed by atoms with E-state index in [0.717, 1.165) is 24.3 Å². The maximum atomic E-state index is 11.7. The molecule has 0 saturated heterocycles. The van der Waals surface area contributed by atoms with Gasteiger partial charge in [0.25, 0.3) is 0 Å². The maximum Gasteiger partial charge on any atom is 0.161 e. The minimum Gasteiger partial charge on any atom is -0.367 e. The molecular weight excluding hydrogens is 236 g/mol. The van der Waals surface area contributed by atoms with E-state index < -0.39 is 0 Å². The molecule has 19 heavy (non-hydrogen) atoms. The van der Waals surface area contributed by atoms with Gasteiger partial charge in [0.1, 0.15) is 0 Å². The first-order valence-corrected chi connectivity index (χ1v) is 6.46. The molecule has 3 nitrogen and oxygen atoms in total. The summed E-state index contributed by atoms with van der Waals surface area (Å²) in [5.41, 5.74) is 2.96. The van der Waals surface area contributed by atoms with E-state index in [4.69, 9.17) is 0 Å². The van der Waals surface area contributed by atoms with Crippen molar-refractivity contribution in [2.45, 2.75) is 20.4 Å². The number of carbonyl (C=O) groups is 1. The summed E-state index contributed by atoms with van der Waals surface area (Å²) in [7, 11) is 0. The first kappa shape index (κ1) is 13.3. The van der Waals surface area contributed by atoms with E-state index in [-0.39, 0.29) is 5.78 Å². The average molecular weight is 254 g/mol. The lowest BCUT2D eigenvalue weighted by Gasteiger charge is -2.25. The lowest BCUT2D eigenvalue weighted by molar-refractivity contribution is 0.101. The van der Waals surface area contributed by atoms with Crippen molar-refractivity contribution in [2.24, 2.45) is 0 Å². The molecule has 1 aromatic heterocycles. The topological polar surface area (TPSA) is 33.2 Å². The van der Waals surface area contributed by atoms with Gasteiger partial charge in [-0.05, 0) is 43.7 Å². The third kappa shape index (κ3) is 3.19. The zero-order valence-corrected chi connectivity index (χ0v) is 11.3. The zero-order chi connectivity index (χ0) is 13.7. The van der Waals surface area contributed by atoms with Crippen molar-refractivity contribution in [3.63, 3.8) is 0 Å². The molecule has 0 saturated carbocycles. The smallest absolute Gasteiger partial charge is 0.161 e. The van der Waals surface area contributed by atoms with E-state index in [1.54, 1.807) is 19.3 Å². The van der Waals surface area contributed by atoms with Crippen LogP contribution in [-0.4, -0.2) is 17.3 Å². The molecule has 0 N–H and O–H groups in total. The van der Waals surface area contributed by atoms with E-state index in [2.05, 4.69) is 16.8 Å². The Morgan fingerprint density at radius 2 is 1.84 bits per heavy atom. The number of pyridine rings is 1. The molecule has 0 amide bonds. The van der Waals surface area contributed by atoms with Crippen LogP contribution >= 0.6 is 0 Å². The van der Waals surface area contributed by atoms with Gasteiger partial charge in [0.05, 0.1) is 0 Å². The van der Waals surface area contributed by atoms with Crippen LogP contribution in [0.2, 0.25) is 0 Å². The molecule has 1 heterocycles. The fraction of sp³-hybridized carbons (Fsp3) is 0.250. The van der Waals surface area contributed by atoms with E-state index >= 15 is 0 Å². The van der Waals surface area contributed by atoms with E-state index in [1.165, 1.54) is 5.56 Å². The quantitative estimate of drug-likeness (QED) is 0.767. The number of hydrogen-bond donors (Lipinski definition) is 0. The summed E-state index contributed by atoms with van der Waals surface area (Å²) in [6.07, 6.45) is 3.58. The fourth-order valence-electron chi connectivity index (χ4n) is 2.12. The van der Waals surface area contributed by atoms with Crippen molar-refractivity contribution in [1.82, 2.24) is 4.98 Å². The van der Waals surface area contributed by atoms with Crippen LogP contribution in [0.5, 0.6) is 0 Å². The van der Waals surface area contributed by atoms with Gasteiger partial charge in [0.2, 0.25) is 0 Å². The van der Waals surface area contributed by atoms with Gasteiger partial charge in [0, 0.05) is 36.7 Å². The Bertz CT molecular complexity index is 552. The molecule has 0 aliphatic heterocycles. The number of aromatic nitrogens is 1. The van der Waals surface area contributed by atoms with Gasteiger partial charge < -0.3 is 4.90 Å². The highest BCUT2D eigenvalue weighted by Crippen LogP contribution is 2.22. The number of carbonyl (C=O) groups excluding carboxylic acids is 1. The van der Waals surface area contributed by atoms with Gasteiger partial charge in [-0.25, -0.2) is 0 Å². The summed E-state index contributed by atoms with van der Waals surface area (Å²) in [5.74, 6) is 0.101. The molecule has 98 valence electrons. The molecule has 0 bridgehead atoms. The Hall–Kier alpha value is -2.16. The lowest BCUT2D eigenvalue weighted by atomic mass is 10.1. The van der Waals surface area contributed by atoms with Crippen LogP contribution < -0.4 is 4.90 Å². The molecule has 0 spiro atoms. The third-order valence-corrected chi connectivity index (χ3v) is 3.13. The average Bonchev–Trinajstić information content (AvgIpc) is 2.46. The predicted molar refractivity (Wildman–Crippen MR) is 77.4 cm³/mol. The van der Waals surface area contributed by atoms with E-state index in [9.17, 15) is 4.79 Å². The van der Waals surface area contributed by atoms with Crippen LogP contribution in [0.15, 0.2) is 48.8 Å². The fourth-order valence-corrected chi connectivity index (χ4v) is 2.12. The van der Waals surface area contributed by atoms with E-state index in [0.29, 0.717) is 0 Å². The van der Waals surface area contributed by atoms with Gasteiger partial charge in [-0.15, -0.1) is 0 Å². The molecule has 0 fully saturated rings. The van der Waals surface area contributed by atoms with Crippen LogP contribution in [0.3, 0.4) is 0 Å². The third-order valence-electron chi connectivity index (χ3n) is 3.13. The second kappa shape index (κ2) is 6.14. The molecule has 0 aliphatic carbocycles. The standard InChI is InChI=1S/C16H18N2O/c1-3-18(12-14-8-10-17-11-9-14)16-7-5-4-6-15(16)13(2)19/h4-11H,3,12H2,1-2H3. The Labute approximate surface area is 113 Å². The Balaban J connectivity index is 2.30. The van der Waals surface area contributed by atoms with E-state index in [1.807, 2.05) is 36.4 Å². The van der Waals surface area contributed by atoms with Gasteiger partial charge in [-0.3, -0.25) is 9.78 Å².